The molecule has 0 radical (unpaired) electrons. The van der Waals surface area contributed by atoms with E-state index in [2.05, 4.69) is 25.0 Å². The van der Waals surface area contributed by atoms with Crippen molar-refractivity contribution >= 4 is 31.4 Å². The van der Waals surface area contributed by atoms with Crippen molar-refractivity contribution in [3.8, 4) is 11.1 Å². The molecule has 13 heteroatoms. The van der Waals surface area contributed by atoms with Gasteiger partial charge in [-0.15, -0.1) is 0 Å². The van der Waals surface area contributed by atoms with Crippen LogP contribution in [0.25, 0.3) is 11.1 Å². The van der Waals surface area contributed by atoms with Crippen molar-refractivity contribution in [3.05, 3.63) is 59.7 Å². The number of carbonyl (C=O) groups excluding carboxylic acids is 3. The number of carboxylic acid groups (broad SMARTS) is 1. The first-order valence-corrected chi connectivity index (χ1v) is 14.9. The molecule has 2 aromatic rings. The lowest BCUT2D eigenvalue weighted by Gasteiger charge is -2.30. The predicted octanol–water partition coefficient (Wildman–Crippen LogP) is 3.11. The Morgan fingerprint density at radius 3 is 1.76 bits per heavy atom. The highest BCUT2D eigenvalue weighted by atomic mass is 31.2. The van der Waals surface area contributed by atoms with Gasteiger partial charge in [-0.2, -0.15) is 0 Å². The third kappa shape index (κ3) is 7.72. The van der Waals surface area contributed by atoms with Crippen molar-refractivity contribution in [3.63, 3.8) is 0 Å². The summed E-state index contributed by atoms with van der Waals surface area (Å²) in [7, 11) is -1.49. The van der Waals surface area contributed by atoms with E-state index < -0.39 is 55.5 Å². The number of ether oxygens (including phenoxy) is 3. The van der Waals surface area contributed by atoms with E-state index in [1.807, 2.05) is 48.5 Å². The normalized spacial score (nSPS) is 15.4. The van der Waals surface area contributed by atoms with Crippen LogP contribution in [-0.4, -0.2) is 74.2 Å². The van der Waals surface area contributed by atoms with Crippen molar-refractivity contribution in [2.24, 2.45) is 5.92 Å². The Kier molecular flexibility index (Phi) is 10.7. The van der Waals surface area contributed by atoms with Gasteiger partial charge >= 0.3 is 24.0 Å². The molecule has 1 aliphatic carbocycles. The number of fused-ring (bicyclic) bond motifs is 3. The van der Waals surface area contributed by atoms with Gasteiger partial charge in [0.15, 0.2) is 0 Å². The van der Waals surface area contributed by atoms with E-state index in [9.17, 15) is 28.8 Å². The minimum absolute atomic E-state index is 0.0184. The van der Waals surface area contributed by atoms with Gasteiger partial charge in [-0.1, -0.05) is 55.5 Å². The maximum absolute atomic E-state index is 13.9. The van der Waals surface area contributed by atoms with E-state index in [1.165, 1.54) is 20.8 Å². The molecule has 0 bridgehead atoms. The number of benzene rings is 2. The topological polar surface area (TPSA) is 169 Å². The fourth-order valence-electron chi connectivity index (χ4n) is 4.95. The predicted molar refractivity (Wildman–Crippen MR) is 150 cm³/mol. The zero-order valence-electron chi connectivity index (χ0n) is 23.6. The van der Waals surface area contributed by atoms with Crippen molar-refractivity contribution in [2.75, 3.05) is 27.0 Å². The number of carbonyl (C=O) groups is 4. The molecule has 0 unspecified atom stereocenters. The van der Waals surface area contributed by atoms with Crippen molar-refractivity contribution in [1.82, 2.24) is 15.5 Å². The molecule has 2 aromatic carbocycles. The number of amides is 1. The summed E-state index contributed by atoms with van der Waals surface area (Å²) >= 11 is 0. The minimum atomic E-state index is -3.82. The van der Waals surface area contributed by atoms with Gasteiger partial charge in [-0.3, -0.25) is 14.2 Å². The summed E-state index contributed by atoms with van der Waals surface area (Å²) in [6, 6.07) is 12.0. The lowest BCUT2D eigenvalue weighted by atomic mass is 9.98. The van der Waals surface area contributed by atoms with Crippen LogP contribution in [0.3, 0.4) is 0 Å². The van der Waals surface area contributed by atoms with Crippen LogP contribution in [-0.2, 0) is 33.2 Å². The summed E-state index contributed by atoms with van der Waals surface area (Å²) in [5.74, 6) is -3.95. The molecule has 0 heterocycles. The second-order valence-electron chi connectivity index (χ2n) is 9.93. The molecule has 0 aliphatic heterocycles. The van der Waals surface area contributed by atoms with E-state index in [-0.39, 0.29) is 18.7 Å². The van der Waals surface area contributed by atoms with E-state index in [4.69, 9.17) is 4.74 Å². The van der Waals surface area contributed by atoms with Crippen LogP contribution in [0.1, 0.15) is 37.8 Å². The summed E-state index contributed by atoms with van der Waals surface area (Å²) in [6.45, 7) is 4.29. The quantitative estimate of drug-likeness (QED) is 0.154. The molecule has 1 amide bonds. The van der Waals surface area contributed by atoms with Gasteiger partial charge in [0.2, 0.25) is 7.44 Å². The molecule has 4 N–H and O–H groups in total. The molecular weight excluding hydrogens is 553 g/mol. The first kappa shape index (κ1) is 31.8. The zero-order valence-corrected chi connectivity index (χ0v) is 24.5. The summed E-state index contributed by atoms with van der Waals surface area (Å²) in [5, 5.41) is 17.5. The van der Waals surface area contributed by atoms with Crippen molar-refractivity contribution in [1.29, 1.82) is 0 Å². The lowest BCUT2D eigenvalue weighted by molar-refractivity contribution is -0.142. The molecule has 222 valence electrons. The second kappa shape index (κ2) is 13.8. The number of esters is 2. The van der Waals surface area contributed by atoms with Gasteiger partial charge in [-0.05, 0) is 42.0 Å². The molecule has 0 saturated carbocycles. The van der Waals surface area contributed by atoms with Crippen LogP contribution < -0.4 is 15.5 Å². The highest BCUT2D eigenvalue weighted by Crippen LogP contribution is 2.44. The van der Waals surface area contributed by atoms with Crippen LogP contribution in [0, 0.1) is 5.92 Å². The van der Waals surface area contributed by atoms with E-state index >= 15 is 0 Å². The van der Waals surface area contributed by atoms with Crippen LogP contribution >= 0.6 is 7.44 Å². The molecule has 12 nitrogen and oxygen atoms in total. The Hall–Kier alpha value is -3.73. The second-order valence-corrected chi connectivity index (χ2v) is 12.3. The Labute approximate surface area is 238 Å². The van der Waals surface area contributed by atoms with Gasteiger partial charge in [0, 0.05) is 12.1 Å². The highest BCUT2D eigenvalue weighted by molar-refractivity contribution is 7.60. The maximum atomic E-state index is 13.9. The Bertz CT molecular complexity index is 1260. The van der Waals surface area contributed by atoms with Crippen molar-refractivity contribution < 1.29 is 43.1 Å². The average molecular weight is 590 g/mol. The molecule has 1 aliphatic rings. The summed E-state index contributed by atoms with van der Waals surface area (Å²) in [5.41, 5.74) is 4.10. The van der Waals surface area contributed by atoms with Gasteiger partial charge in [0.05, 0.1) is 14.2 Å². The van der Waals surface area contributed by atoms with E-state index in [0.29, 0.717) is 0 Å². The standard InChI is InChI=1S/C28H36N3O9P/c1-16(15-41(37,30-17(2)26(34)38-4)31-18(3)27(35)39-5)24(25(32)33)29-28(36)40-14-23-21-12-8-6-10-19(21)20-11-7-9-13-22(20)23/h6-13,16-18,23-24H,14-15H2,1-5H3,(H,29,36)(H,32,33)(H2,30,31,37)/t16-,17-,18-,24-/m0/s1. The van der Waals surface area contributed by atoms with E-state index in [1.54, 1.807) is 0 Å². The largest absolute Gasteiger partial charge is 0.480 e. The molecule has 41 heavy (non-hydrogen) atoms. The monoisotopic (exact) mass is 589 g/mol. The lowest BCUT2D eigenvalue weighted by Crippen LogP contribution is -2.49. The number of methoxy groups -OCH3 is 2. The number of nitrogens with one attached hydrogen (secondary N) is 3. The number of rotatable bonds is 13. The van der Waals surface area contributed by atoms with Crippen LogP contribution in [0.2, 0.25) is 0 Å². The van der Waals surface area contributed by atoms with Crippen molar-refractivity contribution in [2.45, 2.75) is 44.8 Å². The first-order valence-electron chi connectivity index (χ1n) is 13.0. The Morgan fingerprint density at radius 2 is 1.32 bits per heavy atom. The number of alkyl carbamates (subject to hydrolysis) is 1. The molecular formula is C28H36N3O9P. The smallest absolute Gasteiger partial charge is 0.407 e. The summed E-state index contributed by atoms with van der Waals surface area (Å²) < 4.78 is 28.7. The van der Waals surface area contributed by atoms with E-state index in [0.717, 1.165) is 36.5 Å². The van der Waals surface area contributed by atoms with Gasteiger partial charge in [0.25, 0.3) is 0 Å². The molecule has 0 aromatic heterocycles. The fraction of sp³-hybridized carbons (Fsp3) is 0.429. The molecule has 0 saturated heterocycles. The fourth-order valence-corrected chi connectivity index (χ4v) is 7.72. The third-order valence-corrected chi connectivity index (χ3v) is 9.61. The van der Waals surface area contributed by atoms with Gasteiger partial charge in [0.1, 0.15) is 24.7 Å². The Morgan fingerprint density at radius 1 is 0.854 bits per heavy atom. The van der Waals surface area contributed by atoms with Gasteiger partial charge < -0.3 is 24.6 Å². The maximum Gasteiger partial charge on any atom is 0.407 e. The SMILES string of the molecule is COC(=O)[C@H](C)NP(=O)(C[C@H](C)[C@H](NC(=O)OCC1c2ccccc2-c2ccccc21)C(=O)O)N[C@@H](C)C(=O)OC. The molecule has 0 fully saturated rings. The zero-order chi connectivity index (χ0) is 30.3. The summed E-state index contributed by atoms with van der Waals surface area (Å²) in [6.07, 6.45) is -1.30. The number of hydrogen-bond donors (Lipinski definition) is 4. The first-order chi connectivity index (χ1) is 19.4. The number of aliphatic carboxylic acids is 1. The minimum Gasteiger partial charge on any atom is -0.480 e. The molecule has 0 spiro atoms. The third-order valence-electron chi connectivity index (χ3n) is 6.91. The molecule has 4 atom stereocenters. The number of carboxylic acids is 1. The van der Waals surface area contributed by atoms with Crippen LogP contribution in [0.4, 0.5) is 4.79 Å². The number of hydrogen-bond acceptors (Lipinski definition) is 8. The highest BCUT2D eigenvalue weighted by Gasteiger charge is 2.38. The van der Waals surface area contributed by atoms with Gasteiger partial charge in [-0.25, -0.2) is 19.8 Å². The Balaban J connectivity index is 1.72. The average Bonchev–Trinajstić information content (AvgIpc) is 3.26. The molecule has 3 rings (SSSR count). The van der Waals surface area contributed by atoms with Crippen LogP contribution in [0.5, 0.6) is 0 Å². The van der Waals surface area contributed by atoms with Crippen LogP contribution in [0.15, 0.2) is 48.5 Å². The summed E-state index contributed by atoms with van der Waals surface area (Å²) in [4.78, 5) is 48.9.